The minimum Gasteiger partial charge on any atom is -0.356 e. The van der Waals surface area contributed by atoms with Crippen LogP contribution in [0.2, 0.25) is 0 Å². The summed E-state index contributed by atoms with van der Waals surface area (Å²) in [5, 5.41) is 6.20. The van der Waals surface area contributed by atoms with Crippen molar-refractivity contribution in [3.8, 4) is 0 Å². The van der Waals surface area contributed by atoms with Crippen LogP contribution in [0.4, 0.5) is 4.39 Å². The molecule has 1 fully saturated rings. The molecule has 2 rings (SSSR count). The number of rotatable bonds is 4. The molecule has 3 nitrogen and oxygen atoms in total. The first-order valence-electron chi connectivity index (χ1n) is 6.59. The Balaban J connectivity index is 0.00000200. The quantitative estimate of drug-likeness (QED) is 0.861. The third kappa shape index (κ3) is 5.04. The van der Waals surface area contributed by atoms with Crippen LogP contribution in [0.3, 0.4) is 0 Å². The van der Waals surface area contributed by atoms with E-state index in [1.807, 2.05) is 0 Å². The zero-order valence-corrected chi connectivity index (χ0v) is 13.5. The molecule has 0 saturated carbocycles. The maximum Gasteiger partial charge on any atom is 0.223 e. The highest BCUT2D eigenvalue weighted by molar-refractivity contribution is 9.10. The van der Waals surface area contributed by atoms with Crippen LogP contribution in [0.15, 0.2) is 22.7 Å². The molecule has 1 heterocycles. The van der Waals surface area contributed by atoms with Crippen LogP contribution in [0.5, 0.6) is 0 Å². The van der Waals surface area contributed by atoms with E-state index in [1.165, 1.54) is 6.07 Å². The van der Waals surface area contributed by atoms with Crippen LogP contribution in [0.1, 0.15) is 18.4 Å². The molecule has 1 saturated heterocycles. The highest BCUT2D eigenvalue weighted by Crippen LogP contribution is 2.17. The average molecular weight is 366 g/mol. The molecule has 1 aliphatic heterocycles. The number of carbonyl (C=O) groups is 1. The molecule has 20 heavy (non-hydrogen) atoms. The van der Waals surface area contributed by atoms with Crippen molar-refractivity contribution in [2.75, 3.05) is 19.6 Å². The number of nitrogens with one attached hydrogen (secondary N) is 2. The van der Waals surface area contributed by atoms with Crippen LogP contribution in [0.25, 0.3) is 0 Å². The van der Waals surface area contributed by atoms with Gasteiger partial charge in [-0.25, -0.2) is 4.39 Å². The van der Waals surface area contributed by atoms with Crippen molar-refractivity contribution in [1.29, 1.82) is 0 Å². The number of benzene rings is 1. The van der Waals surface area contributed by atoms with Crippen LogP contribution in [-0.4, -0.2) is 25.5 Å². The molecule has 0 radical (unpaired) electrons. The maximum absolute atomic E-state index is 13.1. The van der Waals surface area contributed by atoms with Gasteiger partial charge in [0.25, 0.3) is 0 Å². The molecule has 1 amide bonds. The van der Waals surface area contributed by atoms with Gasteiger partial charge >= 0.3 is 0 Å². The van der Waals surface area contributed by atoms with E-state index < -0.39 is 0 Å². The fourth-order valence-electron chi connectivity index (χ4n) is 2.25. The predicted octanol–water partition coefficient (Wildman–Crippen LogP) is 2.67. The van der Waals surface area contributed by atoms with Crippen LogP contribution < -0.4 is 10.6 Å². The van der Waals surface area contributed by atoms with Crippen molar-refractivity contribution in [1.82, 2.24) is 10.6 Å². The summed E-state index contributed by atoms with van der Waals surface area (Å²) in [6.45, 7) is 2.44. The lowest BCUT2D eigenvalue weighted by molar-refractivity contribution is -0.125. The van der Waals surface area contributed by atoms with E-state index >= 15 is 0 Å². The first kappa shape index (κ1) is 17.4. The smallest absolute Gasteiger partial charge is 0.223 e. The Kier molecular flexibility index (Phi) is 7.48. The Bertz CT molecular complexity index is 453. The molecule has 0 unspecified atom stereocenters. The standard InChI is InChI=1S/C14H18BrFN2O.ClH/c15-12-9-10(1-2-13(12)16)3-8-18-14(19)11-4-6-17-7-5-11;/h1-2,9,11,17H,3-8H2,(H,18,19);1H. The zero-order valence-electron chi connectivity index (χ0n) is 11.1. The molecule has 1 aromatic carbocycles. The second kappa shape index (κ2) is 8.60. The van der Waals surface area contributed by atoms with Gasteiger partial charge in [-0.3, -0.25) is 4.79 Å². The number of piperidine rings is 1. The lowest BCUT2D eigenvalue weighted by Gasteiger charge is -2.21. The summed E-state index contributed by atoms with van der Waals surface area (Å²) in [5.41, 5.74) is 1.01. The van der Waals surface area contributed by atoms with Crippen molar-refractivity contribution in [3.63, 3.8) is 0 Å². The fourth-order valence-corrected chi connectivity index (χ4v) is 2.68. The minimum absolute atomic E-state index is 0. The van der Waals surface area contributed by atoms with Gasteiger partial charge in [0.15, 0.2) is 0 Å². The summed E-state index contributed by atoms with van der Waals surface area (Å²) in [5.74, 6) is 0.0198. The summed E-state index contributed by atoms with van der Waals surface area (Å²) in [7, 11) is 0. The van der Waals surface area contributed by atoms with Gasteiger partial charge in [-0.1, -0.05) is 6.07 Å². The van der Waals surface area contributed by atoms with Crippen LogP contribution >= 0.6 is 28.3 Å². The van der Waals surface area contributed by atoms with Crippen LogP contribution in [-0.2, 0) is 11.2 Å². The minimum atomic E-state index is -0.262. The Hall–Kier alpha value is -0.650. The first-order valence-corrected chi connectivity index (χ1v) is 7.38. The number of carbonyl (C=O) groups excluding carboxylic acids is 1. The second-order valence-electron chi connectivity index (χ2n) is 4.81. The summed E-state index contributed by atoms with van der Waals surface area (Å²) >= 11 is 3.16. The average Bonchev–Trinajstić information content (AvgIpc) is 2.43. The Labute approximate surface area is 133 Å². The van der Waals surface area contributed by atoms with Gasteiger partial charge in [0, 0.05) is 12.5 Å². The van der Waals surface area contributed by atoms with E-state index in [-0.39, 0.29) is 30.0 Å². The highest BCUT2D eigenvalue weighted by Gasteiger charge is 2.20. The molecule has 0 bridgehead atoms. The molecule has 0 aromatic heterocycles. The second-order valence-corrected chi connectivity index (χ2v) is 5.67. The van der Waals surface area contributed by atoms with E-state index in [4.69, 9.17) is 0 Å². The van der Waals surface area contributed by atoms with E-state index in [0.717, 1.165) is 37.9 Å². The van der Waals surface area contributed by atoms with Crippen molar-refractivity contribution >= 4 is 34.2 Å². The largest absolute Gasteiger partial charge is 0.356 e. The highest BCUT2D eigenvalue weighted by atomic mass is 79.9. The number of amides is 1. The fraction of sp³-hybridized carbons (Fsp3) is 0.500. The number of hydrogen-bond acceptors (Lipinski definition) is 2. The van der Waals surface area contributed by atoms with Crippen molar-refractivity contribution < 1.29 is 9.18 Å². The summed E-state index contributed by atoms with van der Waals surface area (Å²) in [6.07, 6.45) is 2.54. The lowest BCUT2D eigenvalue weighted by Crippen LogP contribution is -2.38. The Morgan fingerprint density at radius 3 is 2.75 bits per heavy atom. The SMILES string of the molecule is Cl.O=C(NCCc1ccc(F)c(Br)c1)C1CCNCC1. The normalized spacial score (nSPS) is 15.5. The van der Waals surface area contributed by atoms with E-state index in [9.17, 15) is 9.18 Å². The molecule has 1 aromatic rings. The van der Waals surface area contributed by atoms with Gasteiger partial charge in [-0.2, -0.15) is 0 Å². The van der Waals surface area contributed by atoms with Crippen molar-refractivity contribution in [3.05, 3.63) is 34.1 Å². The Morgan fingerprint density at radius 2 is 2.10 bits per heavy atom. The third-order valence-electron chi connectivity index (χ3n) is 3.41. The molecule has 2 N–H and O–H groups in total. The summed E-state index contributed by atoms with van der Waals surface area (Å²) in [4.78, 5) is 11.9. The molecule has 1 aliphatic rings. The molecule has 6 heteroatoms. The maximum atomic E-state index is 13.1. The lowest BCUT2D eigenvalue weighted by atomic mass is 9.97. The van der Waals surface area contributed by atoms with Crippen molar-refractivity contribution in [2.24, 2.45) is 5.92 Å². The van der Waals surface area contributed by atoms with Gasteiger partial charge < -0.3 is 10.6 Å². The van der Waals surface area contributed by atoms with E-state index in [1.54, 1.807) is 12.1 Å². The molecular formula is C14H19BrClFN2O. The molecule has 0 aliphatic carbocycles. The molecule has 0 atom stereocenters. The number of halogens is 3. The topological polar surface area (TPSA) is 41.1 Å². The Morgan fingerprint density at radius 1 is 1.40 bits per heavy atom. The van der Waals surface area contributed by atoms with Gasteiger partial charge in [-0.05, 0) is 66.0 Å². The van der Waals surface area contributed by atoms with Gasteiger partial charge in [0.05, 0.1) is 4.47 Å². The summed E-state index contributed by atoms with van der Waals surface area (Å²) in [6, 6.07) is 4.94. The summed E-state index contributed by atoms with van der Waals surface area (Å²) < 4.78 is 13.5. The third-order valence-corrected chi connectivity index (χ3v) is 4.01. The first-order chi connectivity index (χ1) is 9.16. The number of hydrogen-bond donors (Lipinski definition) is 2. The predicted molar refractivity (Wildman–Crippen MR) is 83.7 cm³/mol. The van der Waals surface area contributed by atoms with Crippen molar-refractivity contribution in [2.45, 2.75) is 19.3 Å². The molecular weight excluding hydrogens is 347 g/mol. The monoisotopic (exact) mass is 364 g/mol. The zero-order chi connectivity index (χ0) is 13.7. The van der Waals surface area contributed by atoms with Crippen LogP contribution in [0, 0.1) is 11.7 Å². The van der Waals surface area contributed by atoms with Gasteiger partial charge in [-0.15, -0.1) is 12.4 Å². The van der Waals surface area contributed by atoms with E-state index in [2.05, 4.69) is 26.6 Å². The van der Waals surface area contributed by atoms with Gasteiger partial charge in [0.1, 0.15) is 5.82 Å². The molecule has 0 spiro atoms. The van der Waals surface area contributed by atoms with E-state index in [0.29, 0.717) is 11.0 Å². The van der Waals surface area contributed by atoms with Gasteiger partial charge in [0.2, 0.25) is 5.91 Å². The molecule has 112 valence electrons.